The number of aliphatic hydroxyl groups is 2. The van der Waals surface area contributed by atoms with Gasteiger partial charge in [-0.1, -0.05) is 30.3 Å². The van der Waals surface area contributed by atoms with E-state index in [9.17, 15) is 25.1 Å². The molecule has 4 N–H and O–H groups in total. The van der Waals surface area contributed by atoms with Gasteiger partial charge in [0, 0.05) is 24.1 Å². The van der Waals surface area contributed by atoms with Gasteiger partial charge in [0.25, 0.3) is 5.69 Å². The number of H-pyrrole nitrogens is 1. The lowest BCUT2D eigenvalue weighted by Gasteiger charge is -2.17. The number of amides is 1. The first kappa shape index (κ1) is 19.3. The number of carbonyl (C=O) groups is 1. The summed E-state index contributed by atoms with van der Waals surface area (Å²) in [5.74, 6) is 0. The fraction of sp³-hybridized carbons (Fsp3) is 0.222. The van der Waals surface area contributed by atoms with Gasteiger partial charge < -0.3 is 20.3 Å². The van der Waals surface area contributed by atoms with E-state index >= 15 is 0 Å². The van der Waals surface area contributed by atoms with Crippen LogP contribution in [0, 0.1) is 10.1 Å². The molecule has 1 heterocycles. The number of fused-ring (bicyclic) bond motifs is 1. The van der Waals surface area contributed by atoms with Gasteiger partial charge in [-0.3, -0.25) is 15.2 Å². The maximum atomic E-state index is 11.7. The van der Waals surface area contributed by atoms with E-state index in [2.05, 4.69) is 15.5 Å². The second-order valence-electron chi connectivity index (χ2n) is 6.05. The van der Waals surface area contributed by atoms with Crippen molar-refractivity contribution >= 4 is 22.7 Å². The molecule has 2 aromatic carbocycles. The third-order valence-corrected chi connectivity index (χ3v) is 4.11. The van der Waals surface area contributed by atoms with Crippen LogP contribution < -0.4 is 5.32 Å². The number of non-ortho nitro benzene ring substituents is 1. The number of ether oxygens (including phenoxy) is 1. The van der Waals surface area contributed by atoms with Gasteiger partial charge in [0.2, 0.25) is 0 Å². The highest BCUT2D eigenvalue weighted by Crippen LogP contribution is 2.26. The quantitative estimate of drug-likeness (QED) is 0.357. The fourth-order valence-corrected chi connectivity index (χ4v) is 2.63. The molecular weight excluding hydrogens is 368 g/mol. The summed E-state index contributed by atoms with van der Waals surface area (Å²) in [6, 6.07) is 13.1. The third-order valence-electron chi connectivity index (χ3n) is 4.11. The summed E-state index contributed by atoms with van der Waals surface area (Å²) in [6.07, 6.45) is -3.47. The van der Waals surface area contributed by atoms with Crippen molar-refractivity contribution in [2.75, 3.05) is 6.54 Å². The molecule has 0 fully saturated rings. The van der Waals surface area contributed by atoms with Gasteiger partial charge in [-0.25, -0.2) is 4.79 Å². The number of nitrogens with zero attached hydrogens (tertiary/aromatic N) is 2. The molecule has 10 nitrogen and oxygen atoms in total. The van der Waals surface area contributed by atoms with Crippen molar-refractivity contribution < 1.29 is 24.7 Å². The molecular formula is C18H18N4O6. The van der Waals surface area contributed by atoms with Crippen LogP contribution in [0.2, 0.25) is 0 Å². The standard InChI is InChI=1S/C18H18N4O6/c23-15(9-19-18(25)28-10-11-4-2-1-3-5-11)17(24)16-13-7-6-12(22(26)27)8-14(13)20-21-16/h1-8,15,17,23-24H,9-10H2,(H,19,25)(H,20,21). The van der Waals surface area contributed by atoms with E-state index in [4.69, 9.17) is 4.74 Å². The van der Waals surface area contributed by atoms with Crippen LogP contribution in [0.5, 0.6) is 0 Å². The lowest BCUT2D eigenvalue weighted by atomic mass is 10.1. The zero-order valence-corrected chi connectivity index (χ0v) is 14.6. The number of aromatic nitrogens is 2. The van der Waals surface area contributed by atoms with E-state index in [1.807, 2.05) is 18.2 Å². The molecule has 0 aliphatic heterocycles. The molecule has 28 heavy (non-hydrogen) atoms. The minimum absolute atomic E-state index is 0.0787. The van der Waals surface area contributed by atoms with Crippen LogP contribution >= 0.6 is 0 Å². The van der Waals surface area contributed by atoms with E-state index in [-0.39, 0.29) is 30.0 Å². The predicted octanol–water partition coefficient (Wildman–Crippen LogP) is 1.79. The molecule has 0 radical (unpaired) electrons. The van der Waals surface area contributed by atoms with Crippen molar-refractivity contribution in [2.45, 2.75) is 18.8 Å². The summed E-state index contributed by atoms with van der Waals surface area (Å²) in [4.78, 5) is 22.0. The molecule has 0 aliphatic rings. The summed E-state index contributed by atoms with van der Waals surface area (Å²) in [5, 5.41) is 40.6. The number of nitrogens with one attached hydrogen (secondary N) is 2. The number of carbonyl (C=O) groups excluding carboxylic acids is 1. The van der Waals surface area contributed by atoms with Gasteiger partial charge in [0.15, 0.2) is 0 Å². The Kier molecular flexibility index (Phi) is 5.82. The maximum Gasteiger partial charge on any atom is 0.407 e. The average molecular weight is 386 g/mol. The van der Waals surface area contributed by atoms with Crippen molar-refractivity contribution in [3.63, 3.8) is 0 Å². The zero-order valence-electron chi connectivity index (χ0n) is 14.6. The summed E-state index contributed by atoms with van der Waals surface area (Å²) in [6.45, 7) is -0.183. The number of aliphatic hydroxyl groups excluding tert-OH is 2. The number of hydrogen-bond donors (Lipinski definition) is 4. The van der Waals surface area contributed by atoms with Crippen LogP contribution in [-0.2, 0) is 11.3 Å². The van der Waals surface area contributed by atoms with E-state index in [1.165, 1.54) is 18.2 Å². The molecule has 1 aromatic heterocycles. The molecule has 1 amide bonds. The van der Waals surface area contributed by atoms with Gasteiger partial charge in [-0.2, -0.15) is 5.10 Å². The second-order valence-corrected chi connectivity index (χ2v) is 6.05. The number of benzene rings is 2. The number of nitro groups is 1. The molecule has 0 spiro atoms. The van der Waals surface area contributed by atoms with Crippen LogP contribution in [0.3, 0.4) is 0 Å². The van der Waals surface area contributed by atoms with Gasteiger partial charge in [0.05, 0.1) is 16.1 Å². The smallest absolute Gasteiger partial charge is 0.407 e. The molecule has 0 bridgehead atoms. The first-order valence-corrected chi connectivity index (χ1v) is 8.39. The van der Waals surface area contributed by atoms with Gasteiger partial charge >= 0.3 is 6.09 Å². The number of rotatable bonds is 7. The molecule has 3 rings (SSSR count). The Bertz CT molecular complexity index is 975. The first-order chi connectivity index (χ1) is 13.5. The zero-order chi connectivity index (χ0) is 20.1. The Labute approximate surface area is 158 Å². The van der Waals surface area contributed by atoms with Crippen LogP contribution in [0.1, 0.15) is 17.4 Å². The largest absolute Gasteiger partial charge is 0.445 e. The summed E-state index contributed by atoms with van der Waals surface area (Å²) < 4.78 is 5.03. The van der Waals surface area contributed by atoms with E-state index in [0.717, 1.165) is 5.56 Å². The number of nitro benzene ring substituents is 1. The predicted molar refractivity (Wildman–Crippen MR) is 98.3 cm³/mol. The van der Waals surface area contributed by atoms with Crippen molar-refractivity contribution in [1.82, 2.24) is 15.5 Å². The number of aromatic amines is 1. The minimum Gasteiger partial charge on any atom is -0.445 e. The topological polar surface area (TPSA) is 151 Å². The minimum atomic E-state index is -1.39. The van der Waals surface area contributed by atoms with E-state index in [0.29, 0.717) is 5.39 Å². The van der Waals surface area contributed by atoms with Crippen molar-refractivity contribution in [3.05, 3.63) is 69.9 Å². The average Bonchev–Trinajstić information content (AvgIpc) is 3.13. The van der Waals surface area contributed by atoms with Crippen molar-refractivity contribution in [3.8, 4) is 0 Å². The Morgan fingerprint density at radius 1 is 1.25 bits per heavy atom. The third kappa shape index (κ3) is 4.42. The highest BCUT2D eigenvalue weighted by molar-refractivity contribution is 5.83. The molecule has 0 aliphatic carbocycles. The summed E-state index contributed by atoms with van der Waals surface area (Å²) in [5.41, 5.74) is 1.15. The van der Waals surface area contributed by atoms with E-state index in [1.54, 1.807) is 12.1 Å². The van der Waals surface area contributed by atoms with Gasteiger partial charge in [-0.15, -0.1) is 0 Å². The van der Waals surface area contributed by atoms with Crippen LogP contribution in [0.15, 0.2) is 48.5 Å². The number of alkyl carbamates (subject to hydrolysis) is 1. The molecule has 0 saturated heterocycles. The SMILES string of the molecule is O=C(NCC(O)C(O)c1[nH]nc2cc([N+](=O)[O-])ccc12)OCc1ccccc1. The summed E-state index contributed by atoms with van der Waals surface area (Å²) >= 11 is 0. The lowest BCUT2D eigenvalue weighted by molar-refractivity contribution is -0.384. The van der Waals surface area contributed by atoms with Crippen LogP contribution in [0.25, 0.3) is 10.9 Å². The lowest BCUT2D eigenvalue weighted by Crippen LogP contribution is -2.36. The Morgan fingerprint density at radius 2 is 2.00 bits per heavy atom. The Morgan fingerprint density at radius 3 is 2.71 bits per heavy atom. The Balaban J connectivity index is 1.57. The van der Waals surface area contributed by atoms with Crippen molar-refractivity contribution in [2.24, 2.45) is 0 Å². The molecule has 2 unspecified atom stereocenters. The second kappa shape index (κ2) is 8.46. The number of hydrogen-bond acceptors (Lipinski definition) is 7. The molecule has 0 saturated carbocycles. The highest BCUT2D eigenvalue weighted by Gasteiger charge is 2.24. The van der Waals surface area contributed by atoms with Crippen LogP contribution in [-0.4, -0.2) is 44.1 Å². The fourth-order valence-electron chi connectivity index (χ4n) is 2.63. The van der Waals surface area contributed by atoms with Gasteiger partial charge in [0.1, 0.15) is 18.8 Å². The first-order valence-electron chi connectivity index (χ1n) is 8.39. The van der Waals surface area contributed by atoms with Gasteiger partial charge in [-0.05, 0) is 11.6 Å². The normalized spacial score (nSPS) is 13.1. The van der Waals surface area contributed by atoms with E-state index < -0.39 is 23.2 Å². The molecule has 2 atom stereocenters. The maximum absolute atomic E-state index is 11.7. The molecule has 3 aromatic rings. The van der Waals surface area contributed by atoms with Crippen LogP contribution in [0.4, 0.5) is 10.5 Å². The molecule has 10 heteroatoms. The highest BCUT2D eigenvalue weighted by atomic mass is 16.6. The van der Waals surface area contributed by atoms with Crippen molar-refractivity contribution in [1.29, 1.82) is 0 Å². The Hall–Kier alpha value is -3.50. The summed E-state index contributed by atoms with van der Waals surface area (Å²) in [7, 11) is 0. The molecule has 146 valence electrons. The monoisotopic (exact) mass is 386 g/mol.